The molecule has 1 aromatic heterocycles. The number of urea groups is 1. The lowest BCUT2D eigenvalue weighted by Crippen LogP contribution is -2.41. The topological polar surface area (TPSA) is 72.5 Å². The van der Waals surface area contributed by atoms with Crippen molar-refractivity contribution in [2.75, 3.05) is 10.6 Å². The maximum Gasteiger partial charge on any atom is 0.497 e. The van der Waals surface area contributed by atoms with Crippen molar-refractivity contribution in [2.45, 2.75) is 45.1 Å². The van der Waals surface area contributed by atoms with Gasteiger partial charge in [0.15, 0.2) is 0 Å². The Bertz CT molecular complexity index is 998. The first-order valence-corrected chi connectivity index (χ1v) is 9.15. The first kappa shape index (κ1) is 22.9. The van der Waals surface area contributed by atoms with Crippen molar-refractivity contribution in [1.29, 1.82) is 0 Å². The average molecular weight is 443 g/mol. The third-order valence-electron chi connectivity index (χ3n) is 5.17. The number of anilines is 2. The van der Waals surface area contributed by atoms with Crippen LogP contribution < -0.4 is 16.1 Å². The monoisotopic (exact) mass is 443 g/mol. The molecule has 0 atom stereocenters. The number of benzene rings is 1. The molecule has 3 rings (SSSR count). The quantitative estimate of drug-likeness (QED) is 0.548. The Morgan fingerprint density at radius 2 is 1.61 bits per heavy atom. The van der Waals surface area contributed by atoms with E-state index in [1.54, 1.807) is 27.7 Å². The smallest absolute Gasteiger partial charge is 0.399 e. The van der Waals surface area contributed by atoms with Crippen molar-refractivity contribution in [3.63, 3.8) is 0 Å². The van der Waals surface area contributed by atoms with E-state index in [9.17, 15) is 26.7 Å². The number of halogens is 5. The summed E-state index contributed by atoms with van der Waals surface area (Å²) >= 11 is 0. The molecule has 1 aromatic carbocycles. The van der Waals surface area contributed by atoms with Gasteiger partial charge in [-0.25, -0.2) is 18.6 Å². The highest BCUT2D eigenvalue weighted by molar-refractivity contribution is 6.62. The summed E-state index contributed by atoms with van der Waals surface area (Å²) in [7, 11) is -1.16. The number of pyridine rings is 1. The first-order valence-electron chi connectivity index (χ1n) is 9.15. The van der Waals surface area contributed by atoms with Gasteiger partial charge in [-0.2, -0.15) is 13.2 Å². The molecule has 0 spiro atoms. The summed E-state index contributed by atoms with van der Waals surface area (Å²) in [5, 5.41) is 4.08. The molecule has 0 aliphatic carbocycles. The van der Waals surface area contributed by atoms with E-state index in [-0.39, 0.29) is 5.46 Å². The van der Waals surface area contributed by atoms with E-state index in [1.807, 2.05) is 10.6 Å². The maximum atomic E-state index is 14.6. The molecule has 2 amide bonds. The molecule has 0 saturated carbocycles. The third-order valence-corrected chi connectivity index (χ3v) is 5.17. The van der Waals surface area contributed by atoms with Crippen molar-refractivity contribution in [2.24, 2.45) is 0 Å². The van der Waals surface area contributed by atoms with E-state index >= 15 is 0 Å². The molecule has 1 aliphatic heterocycles. The Balaban J connectivity index is 1.75. The van der Waals surface area contributed by atoms with E-state index in [1.165, 1.54) is 0 Å². The SMILES string of the molecule is CC1(C)OB(c2cc(F)c(NC(=O)Nc3cc(C(F)(F)F)ccn3)cc2F)OC1(C)C. The van der Waals surface area contributed by atoms with Crippen LogP contribution in [0.3, 0.4) is 0 Å². The van der Waals surface area contributed by atoms with Crippen LogP contribution in [0.4, 0.5) is 38.3 Å². The molecular weight excluding hydrogens is 424 g/mol. The van der Waals surface area contributed by atoms with Gasteiger partial charge in [-0.05, 0) is 45.9 Å². The highest BCUT2D eigenvalue weighted by atomic mass is 19.4. The standard InChI is InChI=1S/C19H19BF5N3O3/c1-17(2)18(3,4)31-20(30-17)11-8-13(22)14(9-12(11)21)27-16(29)28-15-7-10(5-6-26-15)19(23,24)25/h5-9H,1-4H3,(H2,26,27,28,29). The van der Waals surface area contributed by atoms with Gasteiger partial charge in [-0.15, -0.1) is 0 Å². The van der Waals surface area contributed by atoms with Crippen LogP contribution in [-0.2, 0) is 15.5 Å². The molecule has 1 fully saturated rings. The predicted molar refractivity (Wildman–Crippen MR) is 104 cm³/mol. The lowest BCUT2D eigenvalue weighted by Gasteiger charge is -2.32. The number of rotatable bonds is 3. The zero-order valence-corrected chi connectivity index (χ0v) is 17.0. The second-order valence-electron chi connectivity index (χ2n) is 7.95. The zero-order chi connectivity index (χ0) is 23.2. The molecule has 1 saturated heterocycles. The van der Waals surface area contributed by atoms with E-state index in [4.69, 9.17) is 9.31 Å². The Morgan fingerprint density at radius 1 is 1.00 bits per heavy atom. The summed E-state index contributed by atoms with van der Waals surface area (Å²) < 4.78 is 78.7. The molecule has 0 radical (unpaired) electrons. The lowest BCUT2D eigenvalue weighted by atomic mass is 9.78. The molecule has 2 N–H and O–H groups in total. The van der Waals surface area contributed by atoms with Gasteiger partial charge in [-0.1, -0.05) is 0 Å². The van der Waals surface area contributed by atoms with Gasteiger partial charge in [0, 0.05) is 17.7 Å². The van der Waals surface area contributed by atoms with E-state index in [2.05, 4.69) is 4.98 Å². The number of carbonyl (C=O) groups is 1. The van der Waals surface area contributed by atoms with Crippen LogP contribution >= 0.6 is 0 Å². The fourth-order valence-corrected chi connectivity index (χ4v) is 2.75. The van der Waals surface area contributed by atoms with Crippen molar-refractivity contribution < 1.29 is 36.1 Å². The van der Waals surface area contributed by atoms with Crippen LogP contribution in [0.5, 0.6) is 0 Å². The van der Waals surface area contributed by atoms with Gasteiger partial charge in [0.25, 0.3) is 0 Å². The third kappa shape index (κ3) is 4.80. The van der Waals surface area contributed by atoms with Crippen molar-refractivity contribution in [3.05, 3.63) is 47.7 Å². The Hall–Kier alpha value is -2.73. The van der Waals surface area contributed by atoms with Crippen molar-refractivity contribution in [1.82, 2.24) is 4.98 Å². The van der Waals surface area contributed by atoms with E-state index in [0.717, 1.165) is 24.4 Å². The number of alkyl halides is 3. The van der Waals surface area contributed by atoms with Gasteiger partial charge in [0.2, 0.25) is 0 Å². The van der Waals surface area contributed by atoms with Crippen molar-refractivity contribution >= 4 is 30.1 Å². The van der Waals surface area contributed by atoms with Gasteiger partial charge in [0.05, 0.1) is 22.5 Å². The second kappa shape index (κ2) is 7.76. The number of carbonyl (C=O) groups excluding carboxylic acids is 1. The molecular formula is C19H19BF5N3O3. The number of nitrogens with one attached hydrogen (secondary N) is 2. The molecule has 12 heteroatoms. The van der Waals surface area contributed by atoms with Crippen LogP contribution in [-0.4, -0.2) is 29.3 Å². The summed E-state index contributed by atoms with van der Waals surface area (Å²) in [5.41, 5.74) is -3.28. The van der Waals surface area contributed by atoms with Gasteiger partial charge >= 0.3 is 19.3 Å². The fourth-order valence-electron chi connectivity index (χ4n) is 2.75. The number of hydrogen-bond acceptors (Lipinski definition) is 4. The van der Waals surface area contributed by atoms with E-state index < -0.39 is 59.2 Å². The Morgan fingerprint density at radius 3 is 2.19 bits per heavy atom. The minimum absolute atomic E-state index is 0.193. The Kier molecular flexibility index (Phi) is 5.74. The van der Waals surface area contributed by atoms with E-state index in [0.29, 0.717) is 6.07 Å². The summed E-state index contributed by atoms with van der Waals surface area (Å²) in [6.07, 6.45) is -3.77. The molecule has 6 nitrogen and oxygen atoms in total. The molecule has 31 heavy (non-hydrogen) atoms. The first-order chi connectivity index (χ1) is 14.2. The van der Waals surface area contributed by atoms with Crippen LogP contribution in [0.2, 0.25) is 0 Å². The van der Waals surface area contributed by atoms with Crippen LogP contribution in [0.25, 0.3) is 0 Å². The Labute approximate surface area is 175 Å². The predicted octanol–water partition coefficient (Wildman–Crippen LogP) is 4.32. The average Bonchev–Trinajstić information content (AvgIpc) is 2.84. The number of amides is 2. The fraction of sp³-hybridized carbons (Fsp3) is 0.368. The normalized spacial score (nSPS) is 17.5. The molecule has 0 bridgehead atoms. The lowest BCUT2D eigenvalue weighted by molar-refractivity contribution is -0.137. The number of nitrogens with zero attached hydrogens (tertiary/aromatic N) is 1. The summed E-state index contributed by atoms with van der Waals surface area (Å²) in [4.78, 5) is 15.6. The van der Waals surface area contributed by atoms with Gasteiger partial charge in [-0.3, -0.25) is 5.32 Å². The molecule has 0 unspecified atom stereocenters. The summed E-state index contributed by atoms with van der Waals surface area (Å²) in [6, 6.07) is 1.79. The summed E-state index contributed by atoms with van der Waals surface area (Å²) in [6.45, 7) is 7.01. The summed E-state index contributed by atoms with van der Waals surface area (Å²) in [5.74, 6) is -2.30. The highest BCUT2D eigenvalue weighted by Crippen LogP contribution is 2.37. The van der Waals surface area contributed by atoms with Gasteiger partial charge < -0.3 is 14.6 Å². The van der Waals surface area contributed by atoms with Crippen molar-refractivity contribution in [3.8, 4) is 0 Å². The van der Waals surface area contributed by atoms with Crippen LogP contribution in [0, 0.1) is 11.6 Å². The largest absolute Gasteiger partial charge is 0.497 e. The maximum absolute atomic E-state index is 14.6. The van der Waals surface area contributed by atoms with Gasteiger partial charge in [0.1, 0.15) is 17.5 Å². The number of hydrogen-bond donors (Lipinski definition) is 2. The van der Waals surface area contributed by atoms with Crippen LogP contribution in [0.1, 0.15) is 33.3 Å². The highest BCUT2D eigenvalue weighted by Gasteiger charge is 2.52. The van der Waals surface area contributed by atoms with Crippen LogP contribution in [0.15, 0.2) is 30.5 Å². The minimum atomic E-state index is -4.63. The second-order valence-corrected chi connectivity index (χ2v) is 7.95. The zero-order valence-electron chi connectivity index (χ0n) is 17.0. The number of aromatic nitrogens is 1. The molecule has 2 aromatic rings. The minimum Gasteiger partial charge on any atom is -0.399 e. The molecule has 2 heterocycles. The molecule has 1 aliphatic rings. The molecule has 166 valence electrons.